The van der Waals surface area contributed by atoms with Gasteiger partial charge in [0.05, 0.1) is 8.07 Å². The highest BCUT2D eigenvalue weighted by Gasteiger charge is 2.17. The van der Waals surface area contributed by atoms with Crippen LogP contribution in [0.15, 0.2) is 29.2 Å². The number of benzene rings is 1. The first kappa shape index (κ1) is 9.54. The number of hydrogen-bond donors (Lipinski definition) is 0. The fourth-order valence-corrected chi connectivity index (χ4v) is 2.42. The average Bonchev–Trinajstić information content (AvgIpc) is 2.03. The molecule has 0 saturated carbocycles. The molecule has 0 atom stereocenters. The molecule has 0 fully saturated rings. The molecule has 0 amide bonds. The van der Waals surface area contributed by atoms with E-state index in [0.29, 0.717) is 11.7 Å². The monoisotopic (exact) mass is 197 g/mol. The van der Waals surface area contributed by atoms with Crippen molar-refractivity contribution in [2.45, 2.75) is 24.5 Å². The van der Waals surface area contributed by atoms with Gasteiger partial charge in [0, 0.05) is 16.3 Å². The molecule has 64 valence electrons. The Labute approximate surface area is 78.3 Å². The van der Waals surface area contributed by atoms with Gasteiger partial charge >= 0.3 is 11.7 Å². The summed E-state index contributed by atoms with van der Waals surface area (Å²) >= 11 is 0.554. The van der Waals surface area contributed by atoms with Gasteiger partial charge in [-0.3, -0.25) is 0 Å². The second-order valence-corrected chi connectivity index (χ2v) is 9.57. The topological polar surface area (TPSA) is 17.1 Å². The van der Waals surface area contributed by atoms with E-state index in [0.717, 1.165) is 4.90 Å². The van der Waals surface area contributed by atoms with E-state index in [4.69, 9.17) is 0 Å². The van der Waals surface area contributed by atoms with E-state index >= 15 is 0 Å². The average molecular weight is 197 g/mol. The van der Waals surface area contributed by atoms with Crippen LogP contribution in [-0.2, 0) is 15.9 Å². The van der Waals surface area contributed by atoms with Gasteiger partial charge in [-0.25, -0.2) is 0 Å². The minimum Gasteiger partial charge on any atom is -0.0656 e. The largest absolute Gasteiger partial charge is 0.505 e. The molecule has 0 bridgehead atoms. The minimum absolute atomic E-state index is 0.554. The fraction of sp³-hybridized carbons (Fsp3) is 0.333. The molecular weight excluding hydrogens is 184 g/mol. The lowest BCUT2D eigenvalue weighted by Crippen LogP contribution is -2.37. The fourth-order valence-electron chi connectivity index (χ4n) is 1.01. The molecular formula is C9H13OSSi+. The normalized spacial score (nSPS) is 11.2. The molecule has 1 aromatic carbocycles. The van der Waals surface area contributed by atoms with Crippen LogP contribution >= 0.6 is 0 Å². The Bertz CT molecular complexity index is 274. The summed E-state index contributed by atoms with van der Waals surface area (Å²) in [4.78, 5) is 0.803. The van der Waals surface area contributed by atoms with Crippen molar-refractivity contribution in [1.82, 2.24) is 0 Å². The molecule has 0 unspecified atom stereocenters. The van der Waals surface area contributed by atoms with Crippen molar-refractivity contribution >= 4 is 24.9 Å². The van der Waals surface area contributed by atoms with Crippen molar-refractivity contribution in [2.24, 2.45) is 0 Å². The van der Waals surface area contributed by atoms with Gasteiger partial charge in [0.1, 0.15) is 0 Å². The molecule has 0 aliphatic carbocycles. The van der Waals surface area contributed by atoms with Crippen molar-refractivity contribution in [1.29, 1.82) is 0 Å². The molecule has 12 heavy (non-hydrogen) atoms. The molecule has 0 aliphatic heterocycles. The van der Waals surface area contributed by atoms with Gasteiger partial charge in [0.25, 0.3) is 4.90 Å². The van der Waals surface area contributed by atoms with Crippen LogP contribution in [0, 0.1) is 0 Å². The quantitative estimate of drug-likeness (QED) is 0.524. The molecule has 0 aromatic heterocycles. The van der Waals surface area contributed by atoms with E-state index in [9.17, 15) is 4.21 Å². The van der Waals surface area contributed by atoms with E-state index in [-0.39, 0.29) is 0 Å². The van der Waals surface area contributed by atoms with E-state index in [2.05, 4.69) is 31.8 Å². The second kappa shape index (κ2) is 3.45. The second-order valence-electron chi connectivity index (χ2n) is 3.86. The zero-order chi connectivity index (χ0) is 9.19. The van der Waals surface area contributed by atoms with Crippen molar-refractivity contribution in [3.8, 4) is 0 Å². The first-order valence-corrected chi connectivity index (χ1v) is 8.18. The molecule has 1 aromatic rings. The van der Waals surface area contributed by atoms with Crippen LogP contribution in [0.5, 0.6) is 0 Å². The number of hydrogen-bond acceptors (Lipinski definition) is 1. The van der Waals surface area contributed by atoms with Crippen LogP contribution in [0.3, 0.4) is 0 Å². The summed E-state index contributed by atoms with van der Waals surface area (Å²) in [6.45, 7) is 6.89. The standard InChI is InChI=1S/C9H13OSSi/c1-12(2,3)9-6-4-8(11-10)5-7-9/h4-7H,1-3H3/q+1. The van der Waals surface area contributed by atoms with Gasteiger partial charge in [-0.15, -0.1) is 0 Å². The van der Waals surface area contributed by atoms with Gasteiger partial charge in [-0.1, -0.05) is 37.0 Å². The van der Waals surface area contributed by atoms with Crippen LogP contribution in [0.4, 0.5) is 0 Å². The zero-order valence-electron chi connectivity index (χ0n) is 7.63. The Morgan fingerprint density at radius 1 is 1.08 bits per heavy atom. The number of rotatable bonds is 2. The van der Waals surface area contributed by atoms with Crippen LogP contribution in [0.25, 0.3) is 0 Å². The molecule has 0 saturated heterocycles. The summed E-state index contributed by atoms with van der Waals surface area (Å²) in [5, 5.41) is 1.40. The molecule has 0 spiro atoms. The third kappa shape index (κ3) is 2.22. The Morgan fingerprint density at radius 2 is 1.58 bits per heavy atom. The molecule has 0 aliphatic rings. The first-order chi connectivity index (χ1) is 5.54. The lowest BCUT2D eigenvalue weighted by molar-refractivity contribution is 0.605. The Morgan fingerprint density at radius 3 is 1.92 bits per heavy atom. The summed E-state index contributed by atoms with van der Waals surface area (Å²) in [6, 6.07) is 7.97. The van der Waals surface area contributed by atoms with Crippen LogP contribution in [0.1, 0.15) is 0 Å². The first-order valence-electron chi connectivity index (χ1n) is 3.94. The van der Waals surface area contributed by atoms with E-state index in [1.807, 2.05) is 12.1 Å². The minimum atomic E-state index is -1.18. The summed E-state index contributed by atoms with van der Waals surface area (Å²) in [6.07, 6.45) is 0. The maximum atomic E-state index is 10.4. The third-order valence-electron chi connectivity index (χ3n) is 1.82. The van der Waals surface area contributed by atoms with Gasteiger partial charge in [-0.05, 0) is 0 Å². The Kier molecular flexibility index (Phi) is 2.75. The Hall–Kier alpha value is -0.543. The van der Waals surface area contributed by atoms with E-state index in [1.165, 1.54) is 5.19 Å². The lowest BCUT2D eigenvalue weighted by atomic mass is 10.4. The maximum Gasteiger partial charge on any atom is 0.505 e. The highest BCUT2D eigenvalue weighted by molar-refractivity contribution is 7.65. The smallest absolute Gasteiger partial charge is 0.0656 e. The van der Waals surface area contributed by atoms with Gasteiger partial charge in [0.2, 0.25) is 0 Å². The van der Waals surface area contributed by atoms with Crippen molar-refractivity contribution in [2.75, 3.05) is 0 Å². The Balaban J connectivity index is 3.00. The van der Waals surface area contributed by atoms with E-state index < -0.39 is 8.07 Å². The van der Waals surface area contributed by atoms with Gasteiger partial charge in [0.15, 0.2) is 0 Å². The maximum absolute atomic E-state index is 10.4. The molecule has 1 rings (SSSR count). The lowest BCUT2D eigenvalue weighted by Gasteiger charge is -2.15. The van der Waals surface area contributed by atoms with Crippen molar-refractivity contribution < 1.29 is 4.21 Å². The van der Waals surface area contributed by atoms with Crippen LogP contribution < -0.4 is 5.19 Å². The SMILES string of the molecule is C[Si](C)(C)c1ccc([S+]=O)cc1. The van der Waals surface area contributed by atoms with Crippen molar-refractivity contribution in [3.05, 3.63) is 24.3 Å². The summed E-state index contributed by atoms with van der Waals surface area (Å²) in [7, 11) is -1.18. The summed E-state index contributed by atoms with van der Waals surface area (Å²) in [5.74, 6) is 0. The summed E-state index contributed by atoms with van der Waals surface area (Å²) < 4.78 is 10.4. The molecule has 0 heterocycles. The highest BCUT2D eigenvalue weighted by atomic mass is 32.1. The van der Waals surface area contributed by atoms with Gasteiger partial charge in [-0.2, -0.15) is 0 Å². The molecule has 0 N–H and O–H groups in total. The zero-order valence-corrected chi connectivity index (χ0v) is 9.44. The summed E-state index contributed by atoms with van der Waals surface area (Å²) in [5.41, 5.74) is 0. The van der Waals surface area contributed by atoms with E-state index in [1.54, 1.807) is 0 Å². The molecule has 0 radical (unpaired) electrons. The third-order valence-corrected chi connectivity index (χ3v) is 4.35. The van der Waals surface area contributed by atoms with Gasteiger partial charge < -0.3 is 0 Å². The van der Waals surface area contributed by atoms with Crippen molar-refractivity contribution in [3.63, 3.8) is 0 Å². The predicted molar refractivity (Wildman–Crippen MR) is 55.7 cm³/mol. The molecule has 3 heteroatoms. The van der Waals surface area contributed by atoms with Crippen LogP contribution in [-0.4, -0.2) is 8.07 Å². The van der Waals surface area contributed by atoms with Crippen LogP contribution in [0.2, 0.25) is 19.6 Å². The highest BCUT2D eigenvalue weighted by Crippen LogP contribution is 2.04. The predicted octanol–water partition coefficient (Wildman–Crippen LogP) is 2.02. The molecule has 1 nitrogen and oxygen atoms in total.